The fraction of sp³-hybridized carbons (Fsp3) is 0.647. The fourth-order valence-corrected chi connectivity index (χ4v) is 3.54. The van der Waals surface area contributed by atoms with Gasteiger partial charge in [0.05, 0.1) is 0 Å². The number of rotatable bonds is 4. The fourth-order valence-electron chi connectivity index (χ4n) is 3.54. The van der Waals surface area contributed by atoms with Gasteiger partial charge in [-0.1, -0.05) is 30.2 Å². The van der Waals surface area contributed by atoms with Crippen molar-refractivity contribution in [2.24, 2.45) is 5.92 Å². The van der Waals surface area contributed by atoms with Crippen molar-refractivity contribution >= 4 is 0 Å². The first-order valence-electron chi connectivity index (χ1n) is 7.54. The maximum atomic E-state index is 3.73. The molecule has 3 rings (SSSR count). The van der Waals surface area contributed by atoms with E-state index in [-0.39, 0.29) is 0 Å². The van der Waals surface area contributed by atoms with Crippen LogP contribution in [-0.4, -0.2) is 12.6 Å². The molecule has 2 atom stereocenters. The zero-order valence-corrected chi connectivity index (χ0v) is 11.7. The molecule has 0 spiro atoms. The summed E-state index contributed by atoms with van der Waals surface area (Å²) in [4.78, 5) is 0. The number of hydrogen-bond donors (Lipinski definition) is 1. The quantitative estimate of drug-likeness (QED) is 0.844. The molecule has 2 aliphatic carbocycles. The molecule has 0 aromatic heterocycles. The van der Waals surface area contributed by atoms with Crippen molar-refractivity contribution in [2.45, 2.75) is 57.9 Å². The Hall–Kier alpha value is -0.820. The highest BCUT2D eigenvalue weighted by Gasteiger charge is 2.31. The molecular weight excluding hydrogens is 218 g/mol. The Morgan fingerprint density at radius 2 is 1.94 bits per heavy atom. The third-order valence-corrected chi connectivity index (χ3v) is 4.73. The summed E-state index contributed by atoms with van der Waals surface area (Å²) in [6.45, 7) is 5.71. The Balaban J connectivity index is 1.72. The molecule has 1 heteroatoms. The minimum atomic E-state index is 0.803. The summed E-state index contributed by atoms with van der Waals surface area (Å²) in [5.74, 6) is 1.67. The van der Waals surface area contributed by atoms with Gasteiger partial charge in [0.25, 0.3) is 0 Å². The Morgan fingerprint density at radius 1 is 1.11 bits per heavy atom. The molecular formula is C17H25N. The molecule has 0 heterocycles. The van der Waals surface area contributed by atoms with Gasteiger partial charge in [-0.15, -0.1) is 0 Å². The number of benzene rings is 1. The molecule has 1 nitrogen and oxygen atoms in total. The van der Waals surface area contributed by atoms with Crippen LogP contribution in [0.4, 0.5) is 0 Å². The minimum absolute atomic E-state index is 0.803. The van der Waals surface area contributed by atoms with E-state index in [0.29, 0.717) is 0 Å². The molecule has 0 saturated heterocycles. The Kier molecular flexibility index (Phi) is 3.43. The summed E-state index contributed by atoms with van der Waals surface area (Å²) < 4.78 is 0. The number of aryl methyl sites for hydroxylation is 2. The van der Waals surface area contributed by atoms with Gasteiger partial charge < -0.3 is 5.32 Å². The predicted molar refractivity (Wildman–Crippen MR) is 77.0 cm³/mol. The molecule has 0 amide bonds. The zero-order valence-electron chi connectivity index (χ0n) is 11.7. The summed E-state index contributed by atoms with van der Waals surface area (Å²) in [5, 5.41) is 3.73. The molecule has 2 aliphatic rings. The van der Waals surface area contributed by atoms with Crippen LogP contribution in [0.15, 0.2) is 18.2 Å². The normalized spacial score (nSPS) is 27.7. The van der Waals surface area contributed by atoms with E-state index in [4.69, 9.17) is 0 Å². The first-order valence-corrected chi connectivity index (χ1v) is 7.54. The van der Waals surface area contributed by atoms with E-state index >= 15 is 0 Å². The third kappa shape index (κ3) is 2.61. The highest BCUT2D eigenvalue weighted by atomic mass is 14.9. The van der Waals surface area contributed by atoms with Crippen LogP contribution in [0.3, 0.4) is 0 Å². The summed E-state index contributed by atoms with van der Waals surface area (Å²) >= 11 is 0. The first kappa shape index (κ1) is 12.2. The molecule has 98 valence electrons. The van der Waals surface area contributed by atoms with E-state index in [1.165, 1.54) is 49.8 Å². The molecule has 0 bridgehead atoms. The van der Waals surface area contributed by atoms with Gasteiger partial charge in [-0.2, -0.15) is 0 Å². The van der Waals surface area contributed by atoms with Crippen LogP contribution in [0.5, 0.6) is 0 Å². The molecule has 0 aliphatic heterocycles. The molecule has 2 unspecified atom stereocenters. The van der Waals surface area contributed by atoms with E-state index in [1.807, 2.05) is 0 Å². The van der Waals surface area contributed by atoms with Gasteiger partial charge in [0, 0.05) is 6.04 Å². The number of hydrogen-bond acceptors (Lipinski definition) is 1. The van der Waals surface area contributed by atoms with E-state index in [2.05, 4.69) is 37.4 Å². The standard InChI is InChI=1S/C17H25N/c1-12-6-9-16(13(2)10-12)17-5-3-4-14(17)11-18-15-7-8-15/h6,9-10,14-15,17-18H,3-5,7-8,11H2,1-2H3. The van der Waals surface area contributed by atoms with Crippen molar-refractivity contribution in [3.63, 3.8) is 0 Å². The lowest BCUT2D eigenvalue weighted by Crippen LogP contribution is -2.26. The summed E-state index contributed by atoms with van der Waals surface area (Å²) in [7, 11) is 0. The lowest BCUT2D eigenvalue weighted by molar-refractivity contribution is 0.441. The summed E-state index contributed by atoms with van der Waals surface area (Å²) in [5.41, 5.74) is 4.50. The van der Waals surface area contributed by atoms with Crippen LogP contribution < -0.4 is 5.32 Å². The molecule has 1 aromatic carbocycles. The van der Waals surface area contributed by atoms with Gasteiger partial charge in [-0.25, -0.2) is 0 Å². The van der Waals surface area contributed by atoms with E-state index in [9.17, 15) is 0 Å². The smallest absolute Gasteiger partial charge is 0.00683 e. The monoisotopic (exact) mass is 243 g/mol. The van der Waals surface area contributed by atoms with Crippen molar-refractivity contribution in [3.05, 3.63) is 34.9 Å². The van der Waals surface area contributed by atoms with E-state index in [1.54, 1.807) is 5.56 Å². The van der Waals surface area contributed by atoms with Gasteiger partial charge in [-0.05, 0) is 69.0 Å². The van der Waals surface area contributed by atoms with Crippen LogP contribution in [0.2, 0.25) is 0 Å². The average molecular weight is 243 g/mol. The predicted octanol–water partition coefficient (Wildman–Crippen LogP) is 3.94. The van der Waals surface area contributed by atoms with Crippen molar-refractivity contribution in [2.75, 3.05) is 6.54 Å². The zero-order chi connectivity index (χ0) is 12.5. The lowest BCUT2D eigenvalue weighted by atomic mass is 9.86. The van der Waals surface area contributed by atoms with Crippen molar-refractivity contribution in [1.82, 2.24) is 5.32 Å². The topological polar surface area (TPSA) is 12.0 Å². The molecule has 2 saturated carbocycles. The maximum absolute atomic E-state index is 3.73. The Bertz CT molecular complexity index is 420. The van der Waals surface area contributed by atoms with E-state index < -0.39 is 0 Å². The Morgan fingerprint density at radius 3 is 2.67 bits per heavy atom. The van der Waals surface area contributed by atoms with Gasteiger partial charge in [0.15, 0.2) is 0 Å². The number of nitrogens with one attached hydrogen (secondary N) is 1. The minimum Gasteiger partial charge on any atom is -0.314 e. The second-order valence-electron chi connectivity index (χ2n) is 6.34. The second kappa shape index (κ2) is 5.05. The average Bonchev–Trinajstić information content (AvgIpc) is 3.06. The molecule has 0 radical (unpaired) electrons. The van der Waals surface area contributed by atoms with Crippen molar-refractivity contribution in [1.29, 1.82) is 0 Å². The van der Waals surface area contributed by atoms with Crippen LogP contribution in [0.25, 0.3) is 0 Å². The van der Waals surface area contributed by atoms with Crippen LogP contribution in [0.1, 0.15) is 54.7 Å². The molecule has 1 aromatic rings. The van der Waals surface area contributed by atoms with Crippen LogP contribution >= 0.6 is 0 Å². The van der Waals surface area contributed by atoms with Gasteiger partial charge in [0.2, 0.25) is 0 Å². The highest BCUT2D eigenvalue weighted by Crippen LogP contribution is 2.41. The van der Waals surface area contributed by atoms with Crippen LogP contribution in [-0.2, 0) is 0 Å². The summed E-state index contributed by atoms with van der Waals surface area (Å²) in [6.07, 6.45) is 7.02. The maximum Gasteiger partial charge on any atom is 0.00683 e. The third-order valence-electron chi connectivity index (χ3n) is 4.73. The highest BCUT2D eigenvalue weighted by molar-refractivity contribution is 5.34. The van der Waals surface area contributed by atoms with Crippen molar-refractivity contribution in [3.8, 4) is 0 Å². The summed E-state index contributed by atoms with van der Waals surface area (Å²) in [6, 6.07) is 7.86. The first-order chi connectivity index (χ1) is 8.74. The van der Waals surface area contributed by atoms with Gasteiger partial charge >= 0.3 is 0 Å². The molecule has 2 fully saturated rings. The van der Waals surface area contributed by atoms with Gasteiger partial charge in [-0.3, -0.25) is 0 Å². The second-order valence-corrected chi connectivity index (χ2v) is 6.34. The SMILES string of the molecule is Cc1ccc(C2CCCC2CNC2CC2)c(C)c1. The van der Waals surface area contributed by atoms with Gasteiger partial charge in [0.1, 0.15) is 0 Å². The molecule has 1 N–H and O–H groups in total. The van der Waals surface area contributed by atoms with Crippen LogP contribution in [0, 0.1) is 19.8 Å². The Labute approximate surface area is 111 Å². The lowest BCUT2D eigenvalue weighted by Gasteiger charge is -2.22. The molecule has 18 heavy (non-hydrogen) atoms. The van der Waals surface area contributed by atoms with Crippen molar-refractivity contribution < 1.29 is 0 Å². The largest absolute Gasteiger partial charge is 0.314 e. The van der Waals surface area contributed by atoms with E-state index in [0.717, 1.165) is 17.9 Å².